The highest BCUT2D eigenvalue weighted by Crippen LogP contribution is 2.14. The first-order valence-electron chi connectivity index (χ1n) is 5.35. The Morgan fingerprint density at radius 3 is 2.78 bits per heavy atom. The van der Waals surface area contributed by atoms with E-state index in [4.69, 9.17) is 5.73 Å². The number of carbonyl (C=O) groups is 1. The third-order valence-electron chi connectivity index (χ3n) is 2.71. The Hall–Kier alpha value is -1.76. The largest absolute Gasteiger partial charge is 0.384 e. The van der Waals surface area contributed by atoms with Crippen LogP contribution in [0.2, 0.25) is 0 Å². The van der Waals surface area contributed by atoms with Crippen molar-refractivity contribution in [1.82, 2.24) is 19.7 Å². The Morgan fingerprint density at radius 1 is 1.56 bits per heavy atom. The number of nitrogens with one attached hydrogen (secondary N) is 1. The standard InChI is InChI=1S/C11H14BrN5O/c1-16-6-8(12)3-9(16)11(18)14-4-7-5-15-17(2)10(7)13/h3,5-6H,4,13H2,1-2H3,(H,14,18). The summed E-state index contributed by atoms with van der Waals surface area (Å²) in [5.74, 6) is 0.412. The van der Waals surface area contributed by atoms with E-state index in [1.807, 2.05) is 13.2 Å². The van der Waals surface area contributed by atoms with Crippen LogP contribution in [0, 0.1) is 0 Å². The van der Waals surface area contributed by atoms with Crippen molar-refractivity contribution in [3.05, 3.63) is 34.2 Å². The van der Waals surface area contributed by atoms with Crippen LogP contribution in [0.5, 0.6) is 0 Å². The van der Waals surface area contributed by atoms with Crippen LogP contribution >= 0.6 is 15.9 Å². The van der Waals surface area contributed by atoms with Gasteiger partial charge < -0.3 is 15.6 Å². The molecule has 0 aliphatic rings. The molecular formula is C11H14BrN5O. The van der Waals surface area contributed by atoms with Gasteiger partial charge >= 0.3 is 0 Å². The van der Waals surface area contributed by atoms with Crippen LogP contribution in [-0.2, 0) is 20.6 Å². The molecule has 7 heteroatoms. The highest BCUT2D eigenvalue weighted by molar-refractivity contribution is 9.10. The van der Waals surface area contributed by atoms with Crippen molar-refractivity contribution in [1.29, 1.82) is 0 Å². The second kappa shape index (κ2) is 4.85. The maximum absolute atomic E-state index is 11.9. The molecule has 0 saturated heterocycles. The third-order valence-corrected chi connectivity index (χ3v) is 3.14. The van der Waals surface area contributed by atoms with Crippen molar-refractivity contribution in [2.24, 2.45) is 14.1 Å². The molecule has 2 heterocycles. The topological polar surface area (TPSA) is 77.9 Å². The highest BCUT2D eigenvalue weighted by atomic mass is 79.9. The number of nitrogens with two attached hydrogens (primary N) is 1. The van der Waals surface area contributed by atoms with Crippen LogP contribution in [0.25, 0.3) is 0 Å². The molecule has 3 N–H and O–H groups in total. The molecule has 0 atom stereocenters. The van der Waals surface area contributed by atoms with E-state index in [2.05, 4.69) is 26.3 Å². The molecule has 0 aliphatic carbocycles. The summed E-state index contributed by atoms with van der Waals surface area (Å²) >= 11 is 3.33. The van der Waals surface area contributed by atoms with Gasteiger partial charge in [0.2, 0.25) is 0 Å². The number of carbonyl (C=O) groups excluding carboxylic acids is 1. The number of aromatic nitrogens is 3. The smallest absolute Gasteiger partial charge is 0.268 e. The number of aryl methyl sites for hydroxylation is 2. The molecule has 0 bridgehead atoms. The third kappa shape index (κ3) is 2.40. The van der Waals surface area contributed by atoms with E-state index in [1.54, 1.807) is 28.6 Å². The summed E-state index contributed by atoms with van der Waals surface area (Å²) in [4.78, 5) is 11.9. The first kappa shape index (κ1) is 12.7. The Bertz CT molecular complexity index is 586. The first-order chi connectivity index (χ1) is 8.49. The molecule has 0 radical (unpaired) electrons. The van der Waals surface area contributed by atoms with E-state index in [1.165, 1.54) is 0 Å². The quantitative estimate of drug-likeness (QED) is 0.889. The summed E-state index contributed by atoms with van der Waals surface area (Å²) in [5.41, 5.74) is 7.19. The second-order valence-electron chi connectivity index (χ2n) is 4.02. The van der Waals surface area contributed by atoms with Gasteiger partial charge in [0.15, 0.2) is 0 Å². The number of nitrogens with zero attached hydrogens (tertiary/aromatic N) is 3. The zero-order chi connectivity index (χ0) is 13.3. The molecular weight excluding hydrogens is 298 g/mol. The van der Waals surface area contributed by atoms with Crippen molar-refractivity contribution < 1.29 is 4.79 Å². The maximum Gasteiger partial charge on any atom is 0.268 e. The van der Waals surface area contributed by atoms with Crippen LogP contribution in [-0.4, -0.2) is 20.3 Å². The summed E-state index contributed by atoms with van der Waals surface area (Å²) < 4.78 is 4.20. The summed E-state index contributed by atoms with van der Waals surface area (Å²) in [6.07, 6.45) is 3.48. The lowest BCUT2D eigenvalue weighted by Gasteiger charge is -2.05. The van der Waals surface area contributed by atoms with Crippen LogP contribution in [0.1, 0.15) is 16.1 Å². The molecule has 0 spiro atoms. The van der Waals surface area contributed by atoms with E-state index in [9.17, 15) is 4.79 Å². The van der Waals surface area contributed by atoms with Crippen molar-refractivity contribution in [3.8, 4) is 0 Å². The average Bonchev–Trinajstić information content (AvgIpc) is 2.81. The number of rotatable bonds is 3. The zero-order valence-electron chi connectivity index (χ0n) is 10.1. The van der Waals surface area contributed by atoms with E-state index in [0.29, 0.717) is 18.1 Å². The van der Waals surface area contributed by atoms with Gasteiger partial charge in [-0.25, -0.2) is 0 Å². The molecule has 0 aliphatic heterocycles. The number of nitrogen functional groups attached to an aromatic ring is 1. The average molecular weight is 312 g/mol. The van der Waals surface area contributed by atoms with Crippen LogP contribution < -0.4 is 11.1 Å². The van der Waals surface area contributed by atoms with Crippen molar-refractivity contribution in [2.75, 3.05) is 5.73 Å². The van der Waals surface area contributed by atoms with E-state index < -0.39 is 0 Å². The second-order valence-corrected chi connectivity index (χ2v) is 4.93. The zero-order valence-corrected chi connectivity index (χ0v) is 11.7. The lowest BCUT2D eigenvalue weighted by Crippen LogP contribution is -2.25. The van der Waals surface area contributed by atoms with Gasteiger partial charge in [-0.3, -0.25) is 9.48 Å². The predicted octanol–water partition coefficient (Wildman–Crippen LogP) is 1.03. The number of halogens is 1. The Labute approximate surface area is 113 Å². The summed E-state index contributed by atoms with van der Waals surface area (Å²) in [6, 6.07) is 1.77. The SMILES string of the molecule is Cn1cc(Br)cc1C(=O)NCc1cnn(C)c1N. The van der Waals surface area contributed by atoms with Gasteiger partial charge in [0, 0.05) is 36.9 Å². The van der Waals surface area contributed by atoms with E-state index in [0.717, 1.165) is 10.0 Å². The van der Waals surface area contributed by atoms with Crippen LogP contribution in [0.4, 0.5) is 5.82 Å². The predicted molar refractivity (Wildman–Crippen MR) is 71.9 cm³/mol. The summed E-state index contributed by atoms with van der Waals surface area (Å²) in [5, 5.41) is 6.83. The minimum absolute atomic E-state index is 0.147. The Balaban J connectivity index is 2.05. The van der Waals surface area contributed by atoms with Gasteiger partial charge in [-0.15, -0.1) is 0 Å². The van der Waals surface area contributed by atoms with E-state index in [-0.39, 0.29) is 5.91 Å². The molecule has 1 amide bonds. The number of hydrogen-bond donors (Lipinski definition) is 2. The van der Waals surface area contributed by atoms with Gasteiger partial charge in [0.1, 0.15) is 11.5 Å². The Kier molecular flexibility index (Phi) is 3.42. The monoisotopic (exact) mass is 311 g/mol. The molecule has 2 aromatic heterocycles. The number of anilines is 1. The highest BCUT2D eigenvalue weighted by Gasteiger charge is 2.12. The van der Waals surface area contributed by atoms with Crippen LogP contribution in [0.3, 0.4) is 0 Å². The van der Waals surface area contributed by atoms with Gasteiger partial charge in [-0.2, -0.15) is 5.10 Å². The normalized spacial score (nSPS) is 10.6. The Morgan fingerprint density at radius 2 is 2.28 bits per heavy atom. The molecule has 0 aromatic carbocycles. The lowest BCUT2D eigenvalue weighted by molar-refractivity contribution is 0.0943. The van der Waals surface area contributed by atoms with Crippen LogP contribution in [0.15, 0.2) is 22.9 Å². The molecule has 2 rings (SSSR count). The molecule has 18 heavy (non-hydrogen) atoms. The molecule has 0 unspecified atom stereocenters. The van der Waals surface area contributed by atoms with Gasteiger partial charge in [-0.1, -0.05) is 0 Å². The molecule has 0 fully saturated rings. The summed E-state index contributed by atoms with van der Waals surface area (Å²) in [7, 11) is 3.58. The molecule has 96 valence electrons. The van der Waals surface area contributed by atoms with Gasteiger partial charge in [0.25, 0.3) is 5.91 Å². The minimum atomic E-state index is -0.147. The van der Waals surface area contributed by atoms with E-state index >= 15 is 0 Å². The first-order valence-corrected chi connectivity index (χ1v) is 6.14. The van der Waals surface area contributed by atoms with Crippen molar-refractivity contribution in [2.45, 2.75) is 6.54 Å². The number of hydrogen-bond acceptors (Lipinski definition) is 3. The molecule has 2 aromatic rings. The summed E-state index contributed by atoms with van der Waals surface area (Å²) in [6.45, 7) is 0.362. The fourth-order valence-corrected chi connectivity index (χ4v) is 2.17. The fourth-order valence-electron chi connectivity index (χ4n) is 1.64. The molecule has 6 nitrogen and oxygen atoms in total. The minimum Gasteiger partial charge on any atom is -0.384 e. The molecule has 0 saturated carbocycles. The van der Waals surface area contributed by atoms with Gasteiger partial charge in [0.05, 0.1) is 6.20 Å². The lowest BCUT2D eigenvalue weighted by atomic mass is 10.3. The maximum atomic E-state index is 11.9. The van der Waals surface area contributed by atoms with Crippen molar-refractivity contribution >= 4 is 27.7 Å². The van der Waals surface area contributed by atoms with Gasteiger partial charge in [-0.05, 0) is 22.0 Å². The number of amides is 1. The van der Waals surface area contributed by atoms with Crippen molar-refractivity contribution in [3.63, 3.8) is 0 Å². The fraction of sp³-hybridized carbons (Fsp3) is 0.273.